The van der Waals surface area contributed by atoms with E-state index in [2.05, 4.69) is 4.90 Å². The Morgan fingerprint density at radius 1 is 1.12 bits per heavy atom. The van der Waals surface area contributed by atoms with Crippen LogP contribution in [0, 0.1) is 0 Å². The zero-order valence-electron chi connectivity index (χ0n) is 14.7. The highest BCUT2D eigenvalue weighted by Crippen LogP contribution is 2.28. The lowest BCUT2D eigenvalue weighted by Crippen LogP contribution is -2.49. The minimum Gasteiger partial charge on any atom is -0.329 e. The van der Waals surface area contributed by atoms with Gasteiger partial charge in [0.1, 0.15) is 0 Å². The van der Waals surface area contributed by atoms with Crippen molar-refractivity contribution >= 4 is 27.3 Å². The van der Waals surface area contributed by atoms with Gasteiger partial charge < -0.3 is 9.80 Å². The fourth-order valence-corrected chi connectivity index (χ4v) is 4.51. The maximum atomic E-state index is 13.2. The summed E-state index contributed by atoms with van der Waals surface area (Å²) >= 11 is 6.00. The van der Waals surface area contributed by atoms with Crippen molar-refractivity contribution < 1.29 is 13.2 Å². The number of benzene rings is 2. The van der Waals surface area contributed by atoms with Crippen molar-refractivity contribution in [2.45, 2.75) is 10.9 Å². The Balaban J connectivity index is 1.97. The third kappa shape index (κ3) is 3.92. The molecule has 0 saturated carbocycles. The number of sulfone groups is 1. The van der Waals surface area contributed by atoms with Crippen LogP contribution in [0.5, 0.6) is 0 Å². The molecule has 1 saturated heterocycles. The summed E-state index contributed by atoms with van der Waals surface area (Å²) < 4.78 is 23.8. The monoisotopic (exact) mass is 392 g/mol. The molecule has 5 nitrogen and oxygen atoms in total. The Morgan fingerprint density at radius 3 is 2.46 bits per heavy atom. The molecule has 0 aliphatic carbocycles. The fourth-order valence-electron chi connectivity index (χ4n) is 3.21. The number of carbonyl (C=O) groups is 1. The molecule has 0 aromatic heterocycles. The molecule has 1 amide bonds. The maximum Gasteiger partial charge on any atom is 0.254 e. The molecular weight excluding hydrogens is 372 g/mol. The van der Waals surface area contributed by atoms with Gasteiger partial charge in [-0.15, -0.1) is 0 Å². The predicted molar refractivity (Wildman–Crippen MR) is 102 cm³/mol. The van der Waals surface area contributed by atoms with Crippen LogP contribution in [-0.2, 0) is 9.84 Å². The molecule has 1 aliphatic heterocycles. The number of halogens is 1. The largest absolute Gasteiger partial charge is 0.329 e. The summed E-state index contributed by atoms with van der Waals surface area (Å²) in [5, 5.41) is 0.127. The first-order valence-corrected chi connectivity index (χ1v) is 10.6. The van der Waals surface area contributed by atoms with Gasteiger partial charge >= 0.3 is 0 Å². The van der Waals surface area contributed by atoms with E-state index in [9.17, 15) is 13.2 Å². The number of carbonyl (C=O) groups excluding carboxylic acids is 1. The van der Waals surface area contributed by atoms with Crippen LogP contribution in [0.4, 0.5) is 0 Å². The maximum absolute atomic E-state index is 13.2. The van der Waals surface area contributed by atoms with Crippen LogP contribution in [0.25, 0.3) is 0 Å². The van der Waals surface area contributed by atoms with E-state index < -0.39 is 9.84 Å². The van der Waals surface area contributed by atoms with Gasteiger partial charge in [-0.25, -0.2) is 8.42 Å². The van der Waals surface area contributed by atoms with E-state index in [4.69, 9.17) is 11.6 Å². The topological polar surface area (TPSA) is 57.7 Å². The second-order valence-corrected chi connectivity index (χ2v) is 9.00. The highest BCUT2D eigenvalue weighted by atomic mass is 35.5. The zero-order chi connectivity index (χ0) is 18.9. The van der Waals surface area contributed by atoms with Crippen molar-refractivity contribution in [3.05, 3.63) is 64.7 Å². The average Bonchev–Trinajstić information content (AvgIpc) is 2.61. The van der Waals surface area contributed by atoms with Crippen molar-refractivity contribution in [2.75, 3.05) is 32.9 Å². The molecule has 26 heavy (non-hydrogen) atoms. The van der Waals surface area contributed by atoms with Gasteiger partial charge in [0.05, 0.1) is 16.0 Å². The normalized spacial score (nSPS) is 18.7. The minimum atomic E-state index is -3.51. The molecule has 1 aliphatic rings. The number of rotatable bonds is 3. The molecule has 1 atom stereocenters. The first kappa shape index (κ1) is 18.9. The summed E-state index contributed by atoms with van der Waals surface area (Å²) in [5.74, 6) is -0.187. The van der Waals surface area contributed by atoms with Crippen LogP contribution >= 0.6 is 11.6 Å². The van der Waals surface area contributed by atoms with Gasteiger partial charge in [-0.3, -0.25) is 4.79 Å². The Morgan fingerprint density at radius 2 is 1.81 bits per heavy atom. The Labute approximate surface area is 159 Å². The Hall–Kier alpha value is -1.89. The van der Waals surface area contributed by atoms with E-state index in [0.29, 0.717) is 12.1 Å². The van der Waals surface area contributed by atoms with E-state index in [-0.39, 0.29) is 21.9 Å². The Bertz CT molecular complexity index is 916. The second kappa shape index (κ2) is 7.39. The van der Waals surface area contributed by atoms with E-state index in [0.717, 1.165) is 24.9 Å². The summed E-state index contributed by atoms with van der Waals surface area (Å²) in [7, 11) is -1.48. The lowest BCUT2D eigenvalue weighted by atomic mass is 10.0. The summed E-state index contributed by atoms with van der Waals surface area (Å²) in [6, 6.07) is 14.2. The quantitative estimate of drug-likeness (QED) is 0.805. The molecule has 0 spiro atoms. The fraction of sp³-hybridized carbons (Fsp3) is 0.316. The molecule has 0 N–H and O–H groups in total. The van der Waals surface area contributed by atoms with Crippen molar-refractivity contribution in [1.82, 2.24) is 9.80 Å². The number of likely N-dealkylation sites (N-methyl/N-ethyl adjacent to an activating group) is 1. The van der Waals surface area contributed by atoms with Crippen LogP contribution < -0.4 is 0 Å². The van der Waals surface area contributed by atoms with Crippen molar-refractivity contribution in [2.24, 2.45) is 0 Å². The van der Waals surface area contributed by atoms with Gasteiger partial charge in [0.25, 0.3) is 5.91 Å². The van der Waals surface area contributed by atoms with Gasteiger partial charge in [-0.05, 0) is 30.8 Å². The van der Waals surface area contributed by atoms with Crippen LogP contribution in [-0.4, -0.2) is 57.1 Å². The zero-order valence-corrected chi connectivity index (χ0v) is 16.3. The molecule has 138 valence electrons. The third-order valence-corrected chi connectivity index (χ3v) is 6.18. The van der Waals surface area contributed by atoms with Crippen LogP contribution in [0.2, 0.25) is 5.02 Å². The number of hydrogen-bond donors (Lipinski definition) is 0. The van der Waals surface area contributed by atoms with Gasteiger partial charge in [-0.2, -0.15) is 0 Å². The number of piperazine rings is 1. The molecule has 0 bridgehead atoms. The van der Waals surface area contributed by atoms with Crippen LogP contribution in [0.3, 0.4) is 0 Å². The molecule has 1 fully saturated rings. The van der Waals surface area contributed by atoms with Crippen LogP contribution in [0.1, 0.15) is 22.0 Å². The van der Waals surface area contributed by atoms with Crippen molar-refractivity contribution in [3.8, 4) is 0 Å². The molecule has 3 rings (SSSR count). The lowest BCUT2D eigenvalue weighted by Gasteiger charge is -2.40. The average molecular weight is 393 g/mol. The van der Waals surface area contributed by atoms with E-state index >= 15 is 0 Å². The summed E-state index contributed by atoms with van der Waals surface area (Å²) in [5.41, 5.74) is 1.39. The molecule has 2 aromatic rings. The second-order valence-electron chi connectivity index (χ2n) is 6.60. The SMILES string of the molecule is CN1CCN(C(=O)c2ccc(Cl)c(S(C)(=O)=O)c2)C(c2ccccc2)C1. The molecular formula is C19H21ClN2O3S. The van der Waals surface area contributed by atoms with Crippen molar-refractivity contribution in [1.29, 1.82) is 0 Å². The van der Waals surface area contributed by atoms with Crippen molar-refractivity contribution in [3.63, 3.8) is 0 Å². The van der Waals surface area contributed by atoms with E-state index in [1.54, 1.807) is 6.07 Å². The summed E-state index contributed by atoms with van der Waals surface area (Å²) in [6.07, 6.45) is 1.09. The minimum absolute atomic E-state index is 0.0181. The number of amides is 1. The molecule has 1 heterocycles. The standard InChI is InChI=1S/C19H21ClN2O3S/c1-21-10-11-22(17(13-21)14-6-4-3-5-7-14)19(23)15-8-9-16(20)18(12-15)26(2,24)25/h3-9,12,17H,10-11,13H2,1-2H3. The van der Waals surface area contributed by atoms with Gasteiger partial charge in [-0.1, -0.05) is 41.9 Å². The third-order valence-electron chi connectivity index (χ3n) is 4.61. The molecule has 0 radical (unpaired) electrons. The molecule has 2 aromatic carbocycles. The number of nitrogens with zero attached hydrogens (tertiary/aromatic N) is 2. The summed E-state index contributed by atoms with van der Waals surface area (Å²) in [4.78, 5) is 17.1. The van der Waals surface area contributed by atoms with Gasteiger partial charge in [0.15, 0.2) is 9.84 Å². The number of hydrogen-bond acceptors (Lipinski definition) is 4. The first-order valence-electron chi connectivity index (χ1n) is 8.31. The summed E-state index contributed by atoms with van der Waals surface area (Å²) in [6.45, 7) is 2.07. The highest BCUT2D eigenvalue weighted by Gasteiger charge is 2.31. The smallest absolute Gasteiger partial charge is 0.254 e. The molecule has 1 unspecified atom stereocenters. The predicted octanol–water partition coefficient (Wildman–Crippen LogP) is 2.87. The van der Waals surface area contributed by atoms with E-state index in [1.165, 1.54) is 12.1 Å². The van der Waals surface area contributed by atoms with Gasteiger partial charge in [0, 0.05) is 31.5 Å². The highest BCUT2D eigenvalue weighted by molar-refractivity contribution is 7.90. The van der Waals surface area contributed by atoms with Gasteiger partial charge in [0.2, 0.25) is 0 Å². The van der Waals surface area contributed by atoms with Crippen LogP contribution in [0.15, 0.2) is 53.4 Å². The molecule has 7 heteroatoms. The Kier molecular flexibility index (Phi) is 5.37. The van der Waals surface area contributed by atoms with E-state index in [1.807, 2.05) is 42.3 Å². The first-order chi connectivity index (χ1) is 12.3. The lowest BCUT2D eigenvalue weighted by molar-refractivity contribution is 0.0498.